The van der Waals surface area contributed by atoms with Crippen molar-refractivity contribution in [1.29, 1.82) is 0 Å². The molecular weight excluding hydrogens is 358 g/mol. The molecule has 4 rings (SSSR count). The van der Waals surface area contributed by atoms with Gasteiger partial charge in [0.2, 0.25) is 5.89 Å². The van der Waals surface area contributed by atoms with Crippen molar-refractivity contribution in [2.24, 2.45) is 0 Å². The van der Waals surface area contributed by atoms with E-state index >= 15 is 0 Å². The summed E-state index contributed by atoms with van der Waals surface area (Å²) in [7, 11) is 0. The zero-order chi connectivity index (χ0) is 18.5. The topological polar surface area (TPSA) is 58.3 Å². The maximum atomic E-state index is 5.46. The predicted octanol–water partition coefficient (Wildman–Crippen LogP) is 2.94. The van der Waals surface area contributed by atoms with Crippen LogP contribution in [0.2, 0.25) is 0 Å². The van der Waals surface area contributed by atoms with Crippen LogP contribution < -0.4 is 0 Å². The number of nitrogens with zero attached hydrogens (tertiary/aromatic N) is 5. The molecule has 0 radical (unpaired) electrons. The van der Waals surface area contributed by atoms with E-state index in [9.17, 15) is 0 Å². The standard InChI is InChI=1S/C20H25N5OS/c1-16-21-18(15-27-16)13-24-9-11-25(12-10-24)14-20-22-19(23-26-20)8-7-17-5-3-2-4-6-17/h2-6,15H,7-14H2,1H3. The van der Waals surface area contributed by atoms with Gasteiger partial charge in [0, 0.05) is 44.5 Å². The molecule has 0 bridgehead atoms. The second kappa shape index (κ2) is 8.73. The largest absolute Gasteiger partial charge is 0.338 e. The molecule has 1 aliphatic rings. The summed E-state index contributed by atoms with van der Waals surface area (Å²) in [6, 6.07) is 10.4. The summed E-state index contributed by atoms with van der Waals surface area (Å²) in [5.41, 5.74) is 2.49. The minimum Gasteiger partial charge on any atom is -0.338 e. The number of rotatable bonds is 7. The van der Waals surface area contributed by atoms with E-state index in [4.69, 9.17) is 4.52 Å². The molecule has 142 valence electrons. The normalized spacial score (nSPS) is 16.0. The van der Waals surface area contributed by atoms with Crippen LogP contribution in [0.25, 0.3) is 0 Å². The lowest BCUT2D eigenvalue weighted by Gasteiger charge is -2.33. The van der Waals surface area contributed by atoms with Crippen LogP contribution in [-0.4, -0.2) is 51.1 Å². The van der Waals surface area contributed by atoms with Gasteiger partial charge >= 0.3 is 0 Å². The summed E-state index contributed by atoms with van der Waals surface area (Å²) in [5.74, 6) is 1.52. The van der Waals surface area contributed by atoms with Gasteiger partial charge in [-0.15, -0.1) is 11.3 Å². The van der Waals surface area contributed by atoms with Crippen LogP contribution >= 0.6 is 11.3 Å². The molecule has 7 heteroatoms. The van der Waals surface area contributed by atoms with E-state index in [0.29, 0.717) is 0 Å². The van der Waals surface area contributed by atoms with Crippen LogP contribution in [-0.2, 0) is 25.9 Å². The molecule has 3 aromatic rings. The van der Waals surface area contributed by atoms with Crippen LogP contribution in [0.1, 0.15) is 28.0 Å². The number of aromatic nitrogens is 3. The highest BCUT2D eigenvalue weighted by molar-refractivity contribution is 7.09. The van der Waals surface area contributed by atoms with E-state index in [0.717, 1.165) is 68.8 Å². The van der Waals surface area contributed by atoms with Crippen LogP contribution in [0, 0.1) is 6.92 Å². The lowest BCUT2D eigenvalue weighted by atomic mass is 10.1. The number of hydrogen-bond donors (Lipinski definition) is 0. The maximum Gasteiger partial charge on any atom is 0.240 e. The molecule has 6 nitrogen and oxygen atoms in total. The first-order valence-corrected chi connectivity index (χ1v) is 10.3. The summed E-state index contributed by atoms with van der Waals surface area (Å²) in [5, 5.41) is 7.45. The Bertz CT molecular complexity index is 839. The molecule has 0 amide bonds. The third kappa shape index (κ3) is 5.22. The average molecular weight is 384 g/mol. The molecule has 1 aromatic carbocycles. The number of benzene rings is 1. The molecule has 0 aliphatic carbocycles. The Kier molecular flexibility index (Phi) is 5.91. The van der Waals surface area contributed by atoms with Gasteiger partial charge in [0.1, 0.15) is 0 Å². The van der Waals surface area contributed by atoms with Gasteiger partial charge in [0.05, 0.1) is 17.2 Å². The Labute approximate surface area is 163 Å². The van der Waals surface area contributed by atoms with Crippen molar-refractivity contribution < 1.29 is 4.52 Å². The van der Waals surface area contributed by atoms with Crippen molar-refractivity contribution in [3.8, 4) is 0 Å². The quantitative estimate of drug-likeness (QED) is 0.625. The SMILES string of the molecule is Cc1nc(CN2CCN(Cc3nc(CCc4ccccc4)no3)CC2)cs1. The molecule has 1 saturated heterocycles. The average Bonchev–Trinajstić information content (AvgIpc) is 3.31. The second-order valence-corrected chi connectivity index (χ2v) is 8.06. The molecule has 0 saturated carbocycles. The van der Waals surface area contributed by atoms with Gasteiger partial charge in [0.15, 0.2) is 5.82 Å². The van der Waals surface area contributed by atoms with Gasteiger partial charge < -0.3 is 4.52 Å². The first-order valence-electron chi connectivity index (χ1n) is 9.46. The Morgan fingerprint density at radius 1 is 0.963 bits per heavy atom. The molecule has 2 aromatic heterocycles. The summed E-state index contributed by atoms with van der Waals surface area (Å²) in [6.45, 7) is 7.88. The highest BCUT2D eigenvalue weighted by Gasteiger charge is 2.20. The first kappa shape index (κ1) is 18.3. The molecule has 0 N–H and O–H groups in total. The molecule has 27 heavy (non-hydrogen) atoms. The highest BCUT2D eigenvalue weighted by atomic mass is 32.1. The third-order valence-electron chi connectivity index (χ3n) is 4.87. The summed E-state index contributed by atoms with van der Waals surface area (Å²) in [6.07, 6.45) is 1.75. The third-order valence-corrected chi connectivity index (χ3v) is 5.69. The smallest absolute Gasteiger partial charge is 0.240 e. The molecular formula is C20H25N5OS. The molecule has 0 atom stereocenters. The van der Waals surface area contributed by atoms with Gasteiger partial charge in [-0.3, -0.25) is 9.80 Å². The predicted molar refractivity (Wildman–Crippen MR) is 106 cm³/mol. The van der Waals surface area contributed by atoms with E-state index in [2.05, 4.69) is 61.5 Å². The fourth-order valence-electron chi connectivity index (χ4n) is 3.36. The monoisotopic (exact) mass is 383 g/mol. The van der Waals surface area contributed by atoms with Crippen molar-refractivity contribution in [3.05, 3.63) is 63.7 Å². The summed E-state index contributed by atoms with van der Waals surface area (Å²) >= 11 is 1.72. The number of aryl methyl sites for hydroxylation is 3. The number of hydrogen-bond acceptors (Lipinski definition) is 7. The molecule has 0 unspecified atom stereocenters. The van der Waals surface area contributed by atoms with Crippen LogP contribution in [0.4, 0.5) is 0 Å². The zero-order valence-electron chi connectivity index (χ0n) is 15.7. The van der Waals surface area contributed by atoms with Crippen molar-refractivity contribution in [3.63, 3.8) is 0 Å². The molecule has 1 aliphatic heterocycles. The maximum absolute atomic E-state index is 5.46. The van der Waals surface area contributed by atoms with Crippen molar-refractivity contribution >= 4 is 11.3 Å². The second-order valence-electron chi connectivity index (χ2n) is 7.00. The first-order chi connectivity index (χ1) is 13.2. The van der Waals surface area contributed by atoms with Gasteiger partial charge in [-0.05, 0) is 18.9 Å². The zero-order valence-corrected chi connectivity index (χ0v) is 16.5. The van der Waals surface area contributed by atoms with Crippen molar-refractivity contribution in [1.82, 2.24) is 24.9 Å². The highest BCUT2D eigenvalue weighted by Crippen LogP contribution is 2.13. The molecule has 0 spiro atoms. The van der Waals surface area contributed by atoms with Gasteiger partial charge in [-0.25, -0.2) is 4.98 Å². The summed E-state index contributed by atoms with van der Waals surface area (Å²) in [4.78, 5) is 14.0. The van der Waals surface area contributed by atoms with Gasteiger partial charge in [-0.1, -0.05) is 35.5 Å². The van der Waals surface area contributed by atoms with Crippen LogP contribution in [0.3, 0.4) is 0 Å². The van der Waals surface area contributed by atoms with E-state index in [1.807, 2.05) is 6.07 Å². The van der Waals surface area contributed by atoms with E-state index < -0.39 is 0 Å². The van der Waals surface area contributed by atoms with Gasteiger partial charge in [0.25, 0.3) is 0 Å². The fourth-order valence-corrected chi connectivity index (χ4v) is 3.97. The van der Waals surface area contributed by atoms with E-state index in [1.165, 1.54) is 11.3 Å². The van der Waals surface area contributed by atoms with E-state index in [1.54, 1.807) is 11.3 Å². The minimum atomic E-state index is 0.724. The summed E-state index contributed by atoms with van der Waals surface area (Å²) < 4.78 is 5.46. The fraction of sp³-hybridized carbons (Fsp3) is 0.450. The Morgan fingerprint density at radius 3 is 2.41 bits per heavy atom. The minimum absolute atomic E-state index is 0.724. The van der Waals surface area contributed by atoms with Crippen molar-refractivity contribution in [2.45, 2.75) is 32.9 Å². The van der Waals surface area contributed by atoms with Gasteiger partial charge in [-0.2, -0.15) is 4.98 Å². The number of thiazole rings is 1. The molecule has 1 fully saturated rings. The van der Waals surface area contributed by atoms with Crippen LogP contribution in [0.15, 0.2) is 40.2 Å². The Morgan fingerprint density at radius 2 is 1.70 bits per heavy atom. The molecule has 3 heterocycles. The van der Waals surface area contributed by atoms with Crippen molar-refractivity contribution in [2.75, 3.05) is 26.2 Å². The lowest BCUT2D eigenvalue weighted by Crippen LogP contribution is -2.45. The Hall–Kier alpha value is -2.09. The lowest BCUT2D eigenvalue weighted by molar-refractivity contribution is 0.111. The van der Waals surface area contributed by atoms with E-state index in [-0.39, 0.29) is 0 Å². The number of piperazine rings is 1. The Balaban J connectivity index is 1.22. The van der Waals surface area contributed by atoms with Crippen LogP contribution in [0.5, 0.6) is 0 Å².